The molecule has 1 saturated heterocycles. The van der Waals surface area contributed by atoms with Crippen LogP contribution in [0, 0.1) is 5.92 Å². The molecule has 0 aliphatic carbocycles. The molecule has 29 heavy (non-hydrogen) atoms. The number of ether oxygens (including phenoxy) is 2. The highest BCUT2D eigenvalue weighted by Gasteiger charge is 2.31. The molecular formula is C20H33F2IN4O2. The van der Waals surface area contributed by atoms with Gasteiger partial charge in [0.25, 0.3) is 0 Å². The number of likely N-dealkylation sites (tertiary alicyclic amines) is 1. The number of guanidine groups is 1. The zero-order chi connectivity index (χ0) is 20.7. The molecule has 9 heteroatoms. The average molecular weight is 526 g/mol. The Morgan fingerprint density at radius 2 is 2.00 bits per heavy atom. The summed E-state index contributed by atoms with van der Waals surface area (Å²) >= 11 is 0. The Morgan fingerprint density at radius 1 is 1.28 bits per heavy atom. The van der Waals surface area contributed by atoms with Crippen LogP contribution in [0.25, 0.3) is 0 Å². The van der Waals surface area contributed by atoms with Crippen LogP contribution in [0.3, 0.4) is 0 Å². The normalized spacial score (nSPS) is 20.0. The molecule has 1 heterocycles. The van der Waals surface area contributed by atoms with Gasteiger partial charge in [0.1, 0.15) is 0 Å². The molecule has 0 radical (unpaired) electrons. The first-order valence-corrected chi connectivity index (χ1v) is 9.75. The zero-order valence-corrected chi connectivity index (χ0v) is 20.1. The van der Waals surface area contributed by atoms with Crippen LogP contribution >= 0.6 is 24.0 Å². The van der Waals surface area contributed by atoms with Gasteiger partial charge >= 0.3 is 6.61 Å². The van der Waals surface area contributed by atoms with Gasteiger partial charge in [-0.3, -0.25) is 9.89 Å². The van der Waals surface area contributed by atoms with E-state index in [4.69, 9.17) is 4.74 Å². The van der Waals surface area contributed by atoms with Crippen LogP contribution in [-0.4, -0.2) is 56.3 Å². The summed E-state index contributed by atoms with van der Waals surface area (Å²) in [5.41, 5.74) is 0.885. The maximum Gasteiger partial charge on any atom is 0.387 e. The van der Waals surface area contributed by atoms with Crippen LogP contribution in [0.1, 0.15) is 33.3 Å². The van der Waals surface area contributed by atoms with E-state index in [1.165, 1.54) is 6.07 Å². The Balaban J connectivity index is 0.00000420. The van der Waals surface area contributed by atoms with E-state index in [1.807, 2.05) is 0 Å². The van der Waals surface area contributed by atoms with Crippen LogP contribution < -0.4 is 20.1 Å². The van der Waals surface area contributed by atoms with Gasteiger partial charge in [-0.25, -0.2) is 0 Å². The standard InChI is InChI=1S/C20H32F2N4O2.HI/c1-6-27-18-9-15(7-8-17(18)28-19(21)22)10-24-20(23-5)25-16-12-26(13(2)3)11-14(16)4;/h7-9,13-14,16,19H,6,10-12H2,1-5H3,(H2,23,24,25);1H. The lowest BCUT2D eigenvalue weighted by molar-refractivity contribution is -0.0514. The fourth-order valence-electron chi connectivity index (χ4n) is 3.29. The SMILES string of the molecule is CCOc1cc(CNC(=NC)NC2CN(C(C)C)CC2C)ccc1OC(F)F.I. The molecule has 0 amide bonds. The summed E-state index contributed by atoms with van der Waals surface area (Å²) in [4.78, 5) is 6.76. The minimum absolute atomic E-state index is 0. The molecule has 1 fully saturated rings. The molecule has 0 aromatic heterocycles. The molecule has 1 aliphatic rings. The summed E-state index contributed by atoms with van der Waals surface area (Å²) in [5.74, 6) is 1.59. The molecule has 0 bridgehead atoms. The Bertz CT molecular complexity index is 661. The molecule has 6 nitrogen and oxygen atoms in total. The number of benzene rings is 1. The third kappa shape index (κ3) is 7.76. The predicted molar refractivity (Wildman–Crippen MR) is 123 cm³/mol. The molecule has 0 saturated carbocycles. The Morgan fingerprint density at radius 3 is 2.55 bits per heavy atom. The van der Waals surface area contributed by atoms with Crippen molar-refractivity contribution < 1.29 is 18.3 Å². The number of hydrogen-bond donors (Lipinski definition) is 2. The van der Waals surface area contributed by atoms with Crippen molar-refractivity contribution in [3.63, 3.8) is 0 Å². The van der Waals surface area contributed by atoms with E-state index < -0.39 is 6.61 Å². The van der Waals surface area contributed by atoms with Gasteiger partial charge in [0.2, 0.25) is 0 Å². The second-order valence-corrected chi connectivity index (χ2v) is 7.29. The number of nitrogens with one attached hydrogen (secondary N) is 2. The monoisotopic (exact) mass is 526 g/mol. The quantitative estimate of drug-likeness (QED) is 0.308. The highest BCUT2D eigenvalue weighted by molar-refractivity contribution is 14.0. The van der Waals surface area contributed by atoms with E-state index in [0.29, 0.717) is 42.9 Å². The lowest BCUT2D eigenvalue weighted by Crippen LogP contribution is -2.46. The highest BCUT2D eigenvalue weighted by Crippen LogP contribution is 2.29. The van der Waals surface area contributed by atoms with Crippen molar-refractivity contribution in [2.75, 3.05) is 26.7 Å². The van der Waals surface area contributed by atoms with E-state index in [9.17, 15) is 8.78 Å². The topological polar surface area (TPSA) is 58.1 Å². The van der Waals surface area contributed by atoms with Gasteiger partial charge in [-0.15, -0.1) is 24.0 Å². The van der Waals surface area contributed by atoms with Gasteiger partial charge in [-0.2, -0.15) is 8.78 Å². The number of hydrogen-bond acceptors (Lipinski definition) is 4. The van der Waals surface area contributed by atoms with Crippen molar-refractivity contribution in [2.24, 2.45) is 10.9 Å². The second kappa shape index (κ2) is 12.4. The van der Waals surface area contributed by atoms with E-state index >= 15 is 0 Å². The maximum absolute atomic E-state index is 12.5. The highest BCUT2D eigenvalue weighted by atomic mass is 127. The van der Waals surface area contributed by atoms with Crippen molar-refractivity contribution in [2.45, 2.75) is 52.9 Å². The Labute approximate surface area is 189 Å². The molecule has 1 aromatic rings. The number of aliphatic imine (C=N–C) groups is 1. The van der Waals surface area contributed by atoms with E-state index in [1.54, 1.807) is 26.1 Å². The minimum Gasteiger partial charge on any atom is -0.490 e. The van der Waals surface area contributed by atoms with Gasteiger partial charge in [0, 0.05) is 38.8 Å². The number of nitrogens with zero attached hydrogens (tertiary/aromatic N) is 2. The summed E-state index contributed by atoms with van der Waals surface area (Å²) < 4.78 is 35.0. The van der Waals surface area contributed by atoms with Gasteiger partial charge < -0.3 is 20.1 Å². The molecule has 2 atom stereocenters. The van der Waals surface area contributed by atoms with Crippen molar-refractivity contribution in [1.82, 2.24) is 15.5 Å². The second-order valence-electron chi connectivity index (χ2n) is 7.29. The van der Waals surface area contributed by atoms with E-state index in [0.717, 1.165) is 18.7 Å². The summed E-state index contributed by atoms with van der Waals surface area (Å²) in [7, 11) is 1.74. The van der Waals surface area contributed by atoms with E-state index in [2.05, 4.69) is 46.0 Å². The average Bonchev–Trinajstić information content (AvgIpc) is 3.01. The summed E-state index contributed by atoms with van der Waals surface area (Å²) in [5, 5.41) is 6.77. The fourth-order valence-corrected chi connectivity index (χ4v) is 3.29. The predicted octanol–water partition coefficient (Wildman–Crippen LogP) is 3.70. The fraction of sp³-hybridized carbons (Fsp3) is 0.650. The Hall–Kier alpha value is -1.36. The first-order chi connectivity index (χ1) is 13.3. The molecule has 0 spiro atoms. The molecule has 166 valence electrons. The van der Waals surface area contributed by atoms with Crippen molar-refractivity contribution in [3.8, 4) is 11.5 Å². The lowest BCUT2D eigenvalue weighted by atomic mass is 10.1. The van der Waals surface area contributed by atoms with Crippen molar-refractivity contribution >= 4 is 29.9 Å². The van der Waals surface area contributed by atoms with Crippen LogP contribution in [-0.2, 0) is 6.54 Å². The molecule has 2 N–H and O–H groups in total. The van der Waals surface area contributed by atoms with Gasteiger partial charge in [0.15, 0.2) is 17.5 Å². The first kappa shape index (κ1) is 25.7. The number of halogens is 3. The number of rotatable bonds is 8. The van der Waals surface area contributed by atoms with Crippen LogP contribution in [0.5, 0.6) is 11.5 Å². The van der Waals surface area contributed by atoms with Crippen LogP contribution in [0.15, 0.2) is 23.2 Å². The molecular weight excluding hydrogens is 493 g/mol. The molecule has 2 unspecified atom stereocenters. The molecule has 1 aliphatic heterocycles. The summed E-state index contributed by atoms with van der Waals surface area (Å²) in [6.07, 6.45) is 0. The smallest absolute Gasteiger partial charge is 0.387 e. The Kier molecular flexibility index (Phi) is 10.9. The van der Waals surface area contributed by atoms with Crippen LogP contribution in [0.2, 0.25) is 0 Å². The maximum atomic E-state index is 12.5. The first-order valence-electron chi connectivity index (χ1n) is 9.75. The minimum atomic E-state index is -2.88. The third-order valence-corrected chi connectivity index (χ3v) is 4.90. The van der Waals surface area contributed by atoms with Gasteiger partial charge in [-0.05, 0) is 44.4 Å². The van der Waals surface area contributed by atoms with Crippen LogP contribution in [0.4, 0.5) is 8.78 Å². The van der Waals surface area contributed by atoms with Gasteiger partial charge in [0.05, 0.1) is 6.61 Å². The van der Waals surface area contributed by atoms with Gasteiger partial charge in [-0.1, -0.05) is 13.0 Å². The largest absolute Gasteiger partial charge is 0.490 e. The summed E-state index contributed by atoms with van der Waals surface area (Å²) in [6, 6.07) is 5.80. The van der Waals surface area contributed by atoms with E-state index in [-0.39, 0.29) is 29.7 Å². The summed E-state index contributed by atoms with van der Waals surface area (Å²) in [6.45, 7) is 8.47. The third-order valence-electron chi connectivity index (χ3n) is 4.90. The van der Waals surface area contributed by atoms with Crippen molar-refractivity contribution in [1.29, 1.82) is 0 Å². The zero-order valence-electron chi connectivity index (χ0n) is 17.7. The number of alkyl halides is 2. The van der Waals surface area contributed by atoms with Crippen molar-refractivity contribution in [3.05, 3.63) is 23.8 Å². The lowest BCUT2D eigenvalue weighted by Gasteiger charge is -2.22. The molecule has 2 rings (SSSR count). The molecule has 1 aromatic carbocycles.